The summed E-state index contributed by atoms with van der Waals surface area (Å²) in [5.74, 6) is 0.0559. The maximum Gasteiger partial charge on any atom is 0.129 e. The van der Waals surface area contributed by atoms with Crippen molar-refractivity contribution in [3.05, 3.63) is 35.4 Å². The standard InChI is InChI=1S/C17H26F2N2/c1-12(2)11-21-7-5-13(6-8-21)16(10-20)15-4-3-14(18)9-17(15)19/h3-4,9,12-13,16H,5-8,10-11,20H2,1-2H3. The normalized spacial score (nSPS) is 19.1. The molecule has 2 N–H and O–H groups in total. The van der Waals surface area contributed by atoms with E-state index < -0.39 is 11.6 Å². The maximum absolute atomic E-state index is 14.0. The molecule has 1 heterocycles. The molecule has 1 aromatic rings. The molecule has 1 fully saturated rings. The summed E-state index contributed by atoms with van der Waals surface area (Å²) in [6, 6.07) is 3.85. The minimum absolute atomic E-state index is 0.00759. The van der Waals surface area contributed by atoms with E-state index in [0.717, 1.165) is 38.5 Å². The Kier molecular flexibility index (Phi) is 5.71. The van der Waals surface area contributed by atoms with Gasteiger partial charge in [0.1, 0.15) is 11.6 Å². The van der Waals surface area contributed by atoms with Crippen molar-refractivity contribution >= 4 is 0 Å². The number of benzene rings is 1. The molecule has 0 aromatic heterocycles. The van der Waals surface area contributed by atoms with Crippen LogP contribution in [0.15, 0.2) is 18.2 Å². The van der Waals surface area contributed by atoms with E-state index in [1.54, 1.807) is 6.07 Å². The lowest BCUT2D eigenvalue weighted by molar-refractivity contribution is 0.154. The van der Waals surface area contributed by atoms with E-state index >= 15 is 0 Å². The molecule has 4 heteroatoms. The van der Waals surface area contributed by atoms with Crippen molar-refractivity contribution in [1.82, 2.24) is 4.90 Å². The third-order valence-electron chi connectivity index (χ3n) is 4.44. The van der Waals surface area contributed by atoms with Crippen molar-refractivity contribution in [3.8, 4) is 0 Å². The molecule has 1 aliphatic rings. The summed E-state index contributed by atoms with van der Waals surface area (Å²) in [4.78, 5) is 2.47. The first-order valence-corrected chi connectivity index (χ1v) is 7.88. The third kappa shape index (κ3) is 4.24. The predicted octanol–water partition coefficient (Wildman–Crippen LogP) is 3.38. The summed E-state index contributed by atoms with van der Waals surface area (Å²) in [7, 11) is 0. The molecule has 0 bridgehead atoms. The highest BCUT2D eigenvalue weighted by Crippen LogP contribution is 2.33. The smallest absolute Gasteiger partial charge is 0.129 e. The van der Waals surface area contributed by atoms with Crippen molar-refractivity contribution < 1.29 is 8.78 Å². The fourth-order valence-corrected chi connectivity index (χ4v) is 3.43. The first-order chi connectivity index (χ1) is 10.0. The fraction of sp³-hybridized carbons (Fsp3) is 0.647. The molecule has 2 rings (SSSR count). The molecule has 0 aliphatic carbocycles. The minimum atomic E-state index is -0.529. The molecule has 0 amide bonds. The second-order valence-corrected chi connectivity index (χ2v) is 6.54. The second-order valence-electron chi connectivity index (χ2n) is 6.54. The molecule has 0 radical (unpaired) electrons. The number of piperidine rings is 1. The van der Waals surface area contributed by atoms with Crippen LogP contribution in [0.4, 0.5) is 8.78 Å². The molecule has 1 atom stereocenters. The van der Waals surface area contributed by atoms with Crippen LogP contribution in [-0.2, 0) is 0 Å². The van der Waals surface area contributed by atoms with E-state index in [1.165, 1.54) is 6.07 Å². The second kappa shape index (κ2) is 7.32. The predicted molar refractivity (Wildman–Crippen MR) is 82.2 cm³/mol. The monoisotopic (exact) mass is 296 g/mol. The van der Waals surface area contributed by atoms with Crippen LogP contribution >= 0.6 is 0 Å². The third-order valence-corrected chi connectivity index (χ3v) is 4.44. The van der Waals surface area contributed by atoms with Crippen molar-refractivity contribution in [2.45, 2.75) is 32.6 Å². The first kappa shape index (κ1) is 16.4. The van der Waals surface area contributed by atoms with E-state index in [9.17, 15) is 8.78 Å². The maximum atomic E-state index is 14.0. The summed E-state index contributed by atoms with van der Waals surface area (Å²) in [5, 5.41) is 0. The molecule has 118 valence electrons. The average molecular weight is 296 g/mol. The zero-order chi connectivity index (χ0) is 15.4. The van der Waals surface area contributed by atoms with Crippen LogP contribution < -0.4 is 5.73 Å². The molecule has 21 heavy (non-hydrogen) atoms. The van der Waals surface area contributed by atoms with Crippen LogP contribution in [0, 0.1) is 23.5 Å². The van der Waals surface area contributed by atoms with Gasteiger partial charge in [0.25, 0.3) is 0 Å². The summed E-state index contributed by atoms with van der Waals surface area (Å²) in [5.41, 5.74) is 6.45. The largest absolute Gasteiger partial charge is 0.330 e. The molecule has 1 saturated heterocycles. The van der Waals surface area contributed by atoms with Gasteiger partial charge in [-0.15, -0.1) is 0 Å². The number of hydrogen-bond acceptors (Lipinski definition) is 2. The minimum Gasteiger partial charge on any atom is -0.330 e. The SMILES string of the molecule is CC(C)CN1CCC(C(CN)c2ccc(F)cc2F)CC1. The number of nitrogens with two attached hydrogens (primary N) is 1. The van der Waals surface area contributed by atoms with Crippen molar-refractivity contribution in [2.24, 2.45) is 17.6 Å². The lowest BCUT2D eigenvalue weighted by atomic mass is 9.79. The Morgan fingerprint density at radius 1 is 1.24 bits per heavy atom. The van der Waals surface area contributed by atoms with Crippen LogP contribution in [0.2, 0.25) is 0 Å². The van der Waals surface area contributed by atoms with Crippen LogP contribution in [0.5, 0.6) is 0 Å². The molecule has 1 aromatic carbocycles. The Morgan fingerprint density at radius 2 is 1.90 bits per heavy atom. The molecular formula is C17H26F2N2. The highest BCUT2D eigenvalue weighted by molar-refractivity contribution is 5.24. The van der Waals surface area contributed by atoms with Crippen molar-refractivity contribution in [3.63, 3.8) is 0 Å². The molecule has 0 saturated carbocycles. The van der Waals surface area contributed by atoms with Gasteiger partial charge in [0.2, 0.25) is 0 Å². The van der Waals surface area contributed by atoms with Gasteiger partial charge in [-0.1, -0.05) is 19.9 Å². The van der Waals surface area contributed by atoms with Gasteiger partial charge >= 0.3 is 0 Å². The van der Waals surface area contributed by atoms with Crippen LogP contribution in [0.25, 0.3) is 0 Å². The molecule has 2 nitrogen and oxygen atoms in total. The molecule has 1 aliphatic heterocycles. The van der Waals surface area contributed by atoms with E-state index in [0.29, 0.717) is 23.9 Å². The van der Waals surface area contributed by atoms with Crippen LogP contribution in [0.3, 0.4) is 0 Å². The highest BCUT2D eigenvalue weighted by Gasteiger charge is 2.28. The van der Waals surface area contributed by atoms with Gasteiger partial charge in [-0.3, -0.25) is 0 Å². The molecule has 0 spiro atoms. The van der Waals surface area contributed by atoms with Gasteiger partial charge in [0.15, 0.2) is 0 Å². The summed E-state index contributed by atoms with van der Waals surface area (Å²) >= 11 is 0. The van der Waals surface area contributed by atoms with Gasteiger partial charge in [0.05, 0.1) is 0 Å². The van der Waals surface area contributed by atoms with Gasteiger partial charge < -0.3 is 10.6 Å². The Hall–Kier alpha value is -1.00. The molecule has 1 unspecified atom stereocenters. The van der Waals surface area contributed by atoms with E-state index in [-0.39, 0.29) is 5.92 Å². The quantitative estimate of drug-likeness (QED) is 0.902. The van der Waals surface area contributed by atoms with E-state index in [1.807, 2.05) is 0 Å². The van der Waals surface area contributed by atoms with E-state index in [2.05, 4.69) is 18.7 Å². The highest BCUT2D eigenvalue weighted by atomic mass is 19.1. The zero-order valence-corrected chi connectivity index (χ0v) is 13.0. The van der Waals surface area contributed by atoms with Crippen LogP contribution in [0.1, 0.15) is 38.2 Å². The van der Waals surface area contributed by atoms with Crippen molar-refractivity contribution in [1.29, 1.82) is 0 Å². The Balaban J connectivity index is 2.02. The van der Waals surface area contributed by atoms with Gasteiger partial charge in [0, 0.05) is 18.5 Å². The zero-order valence-electron chi connectivity index (χ0n) is 13.0. The lowest BCUT2D eigenvalue weighted by Gasteiger charge is -2.36. The van der Waals surface area contributed by atoms with E-state index in [4.69, 9.17) is 5.73 Å². The Morgan fingerprint density at radius 3 is 2.43 bits per heavy atom. The number of nitrogens with zero attached hydrogens (tertiary/aromatic N) is 1. The number of hydrogen-bond donors (Lipinski definition) is 1. The summed E-state index contributed by atoms with van der Waals surface area (Å²) < 4.78 is 27.0. The van der Waals surface area contributed by atoms with Crippen LogP contribution in [-0.4, -0.2) is 31.1 Å². The average Bonchev–Trinajstić information content (AvgIpc) is 2.43. The topological polar surface area (TPSA) is 29.3 Å². The summed E-state index contributed by atoms with van der Waals surface area (Å²) in [6.45, 7) is 8.07. The fourth-order valence-electron chi connectivity index (χ4n) is 3.43. The number of rotatable bonds is 5. The van der Waals surface area contributed by atoms with Gasteiger partial charge in [-0.05, 0) is 55.9 Å². The first-order valence-electron chi connectivity index (χ1n) is 7.88. The molecular weight excluding hydrogens is 270 g/mol. The summed E-state index contributed by atoms with van der Waals surface area (Å²) in [6.07, 6.45) is 2.07. The Labute approximate surface area is 126 Å². The van der Waals surface area contributed by atoms with Gasteiger partial charge in [-0.2, -0.15) is 0 Å². The number of halogens is 2. The number of likely N-dealkylation sites (tertiary alicyclic amines) is 1. The van der Waals surface area contributed by atoms with Gasteiger partial charge in [-0.25, -0.2) is 8.78 Å². The lowest BCUT2D eigenvalue weighted by Crippen LogP contribution is -2.39. The van der Waals surface area contributed by atoms with Crippen molar-refractivity contribution in [2.75, 3.05) is 26.2 Å². The Bertz CT molecular complexity index is 454.